The predicted octanol–water partition coefficient (Wildman–Crippen LogP) is 5.05. The second-order valence-electron chi connectivity index (χ2n) is 7.52. The first-order chi connectivity index (χ1) is 14.7. The molecule has 4 nitrogen and oxygen atoms in total. The number of rotatable bonds is 8. The Labute approximate surface area is 178 Å². The number of fused-ring (bicyclic) bond motifs is 1. The van der Waals surface area contributed by atoms with Crippen LogP contribution in [-0.4, -0.2) is 27.4 Å². The Balaban J connectivity index is 1.37. The maximum atomic E-state index is 5.70. The van der Waals surface area contributed by atoms with Gasteiger partial charge in [-0.2, -0.15) is 0 Å². The number of hydrogen-bond donors (Lipinski definition) is 0. The average molecular weight is 405 g/mol. The minimum Gasteiger partial charge on any atom is -0.497 e. The summed E-state index contributed by atoms with van der Waals surface area (Å²) in [5.74, 6) is 3.37. The van der Waals surface area contributed by atoms with E-state index in [2.05, 4.69) is 48.5 Å². The summed E-state index contributed by atoms with van der Waals surface area (Å²) >= 11 is 0. The van der Waals surface area contributed by atoms with Crippen LogP contribution in [0.3, 0.4) is 0 Å². The molecule has 0 aliphatic carbocycles. The van der Waals surface area contributed by atoms with Crippen LogP contribution in [0, 0.1) is 0 Å². The Kier molecular flexibility index (Phi) is 6.43. The second kappa shape index (κ2) is 9.57. The monoisotopic (exact) mass is 404 g/mol. The Morgan fingerprint density at radius 1 is 0.600 bits per heavy atom. The lowest BCUT2D eigenvalue weighted by Gasteiger charge is -2.18. The first kappa shape index (κ1) is 20.1. The van der Waals surface area contributed by atoms with E-state index in [1.807, 2.05) is 12.1 Å². The van der Waals surface area contributed by atoms with Crippen LogP contribution in [0.4, 0.5) is 0 Å². The van der Waals surface area contributed by atoms with Crippen LogP contribution < -0.4 is 18.9 Å². The molecular weight excluding hydrogens is 376 g/mol. The van der Waals surface area contributed by atoms with Gasteiger partial charge in [0.05, 0.1) is 14.2 Å². The van der Waals surface area contributed by atoms with Crippen molar-refractivity contribution in [3.63, 3.8) is 0 Å². The average Bonchev–Trinajstić information content (AvgIpc) is 2.81. The lowest BCUT2D eigenvalue weighted by Crippen LogP contribution is -2.15. The van der Waals surface area contributed by atoms with Crippen LogP contribution in [0.5, 0.6) is 23.0 Å². The number of benzene rings is 3. The van der Waals surface area contributed by atoms with Crippen molar-refractivity contribution in [3.8, 4) is 23.0 Å². The lowest BCUT2D eigenvalue weighted by atomic mass is 9.99. The summed E-state index contributed by atoms with van der Waals surface area (Å²) in [6.07, 6.45) is 3.90. The number of aryl methyl sites for hydroxylation is 4. The van der Waals surface area contributed by atoms with Gasteiger partial charge in [0.1, 0.15) is 24.7 Å². The highest BCUT2D eigenvalue weighted by molar-refractivity contribution is 5.44. The summed E-state index contributed by atoms with van der Waals surface area (Å²) in [6.45, 7) is 1.25. The Hall–Kier alpha value is -3.14. The van der Waals surface area contributed by atoms with Crippen molar-refractivity contribution in [2.45, 2.75) is 25.7 Å². The van der Waals surface area contributed by atoms with Crippen LogP contribution in [0.15, 0.2) is 60.7 Å². The molecule has 1 aliphatic rings. The van der Waals surface area contributed by atoms with E-state index in [0.29, 0.717) is 13.2 Å². The molecule has 0 saturated carbocycles. The second-order valence-corrected chi connectivity index (χ2v) is 7.52. The van der Waals surface area contributed by atoms with Crippen molar-refractivity contribution in [2.75, 3.05) is 27.4 Å². The third-order valence-electron chi connectivity index (χ3n) is 5.41. The fourth-order valence-electron chi connectivity index (χ4n) is 3.77. The standard InChI is InChI=1S/C26H28O4/c1-27-23-15-22(16-24(18-23)28-2)9-8-20-5-3-4-19(14-20)6-7-21-10-11-25-26(17-21)30-13-12-29-25/h3-5,10-11,14-18H,6-9,12-13H2,1-2H3. The van der Waals surface area contributed by atoms with Gasteiger partial charge in [0.15, 0.2) is 11.5 Å². The van der Waals surface area contributed by atoms with Crippen molar-refractivity contribution in [3.05, 3.63) is 82.9 Å². The van der Waals surface area contributed by atoms with E-state index in [0.717, 1.165) is 48.7 Å². The molecule has 1 aliphatic heterocycles. The molecule has 0 aromatic heterocycles. The molecule has 3 aromatic carbocycles. The topological polar surface area (TPSA) is 36.9 Å². The molecule has 0 unspecified atom stereocenters. The fourth-order valence-corrected chi connectivity index (χ4v) is 3.77. The van der Waals surface area contributed by atoms with E-state index in [9.17, 15) is 0 Å². The summed E-state index contributed by atoms with van der Waals surface area (Å²) in [5.41, 5.74) is 5.18. The molecule has 0 N–H and O–H groups in total. The Morgan fingerprint density at radius 3 is 1.80 bits per heavy atom. The third-order valence-corrected chi connectivity index (χ3v) is 5.41. The van der Waals surface area contributed by atoms with Crippen LogP contribution in [0.25, 0.3) is 0 Å². The van der Waals surface area contributed by atoms with Gasteiger partial charge >= 0.3 is 0 Å². The summed E-state index contributed by atoms with van der Waals surface area (Å²) in [6, 6.07) is 21.2. The highest BCUT2D eigenvalue weighted by Crippen LogP contribution is 2.31. The number of hydrogen-bond acceptors (Lipinski definition) is 4. The van der Waals surface area contributed by atoms with Crippen LogP contribution >= 0.6 is 0 Å². The number of ether oxygens (including phenoxy) is 4. The summed E-state index contributed by atoms with van der Waals surface area (Å²) < 4.78 is 22.1. The van der Waals surface area contributed by atoms with Crippen LogP contribution in [0.2, 0.25) is 0 Å². The van der Waals surface area contributed by atoms with E-state index < -0.39 is 0 Å². The van der Waals surface area contributed by atoms with Gasteiger partial charge in [-0.15, -0.1) is 0 Å². The van der Waals surface area contributed by atoms with Crippen molar-refractivity contribution >= 4 is 0 Å². The molecule has 30 heavy (non-hydrogen) atoms. The van der Waals surface area contributed by atoms with Gasteiger partial charge in [-0.05, 0) is 72.2 Å². The van der Waals surface area contributed by atoms with Gasteiger partial charge in [0.2, 0.25) is 0 Å². The molecule has 4 rings (SSSR count). The molecule has 0 saturated heterocycles. The third kappa shape index (κ3) is 5.07. The van der Waals surface area contributed by atoms with Gasteiger partial charge in [-0.25, -0.2) is 0 Å². The molecule has 3 aromatic rings. The first-order valence-corrected chi connectivity index (χ1v) is 10.4. The maximum Gasteiger partial charge on any atom is 0.161 e. The maximum absolute atomic E-state index is 5.70. The molecule has 0 fully saturated rings. The highest BCUT2D eigenvalue weighted by Gasteiger charge is 2.11. The highest BCUT2D eigenvalue weighted by atomic mass is 16.6. The van der Waals surface area contributed by atoms with E-state index in [-0.39, 0.29) is 0 Å². The minimum atomic E-state index is 0.623. The number of methoxy groups -OCH3 is 2. The SMILES string of the molecule is COc1cc(CCc2cccc(CCc3ccc4c(c3)OCCO4)c2)cc(OC)c1. The molecule has 0 amide bonds. The lowest BCUT2D eigenvalue weighted by molar-refractivity contribution is 0.171. The van der Waals surface area contributed by atoms with Crippen LogP contribution in [-0.2, 0) is 25.7 Å². The summed E-state index contributed by atoms with van der Waals surface area (Å²) in [7, 11) is 3.37. The smallest absolute Gasteiger partial charge is 0.161 e. The zero-order chi connectivity index (χ0) is 20.8. The normalized spacial score (nSPS) is 12.5. The van der Waals surface area contributed by atoms with E-state index in [4.69, 9.17) is 18.9 Å². The fraction of sp³-hybridized carbons (Fsp3) is 0.308. The molecule has 0 spiro atoms. The molecule has 156 valence electrons. The van der Waals surface area contributed by atoms with Crippen molar-refractivity contribution in [1.82, 2.24) is 0 Å². The molecular formula is C26H28O4. The van der Waals surface area contributed by atoms with E-state index in [1.54, 1.807) is 14.2 Å². The Morgan fingerprint density at radius 2 is 1.17 bits per heavy atom. The summed E-state index contributed by atoms with van der Waals surface area (Å²) in [4.78, 5) is 0. The zero-order valence-electron chi connectivity index (χ0n) is 17.6. The van der Waals surface area contributed by atoms with Gasteiger partial charge < -0.3 is 18.9 Å². The van der Waals surface area contributed by atoms with Gasteiger partial charge in [-0.1, -0.05) is 30.3 Å². The van der Waals surface area contributed by atoms with Gasteiger partial charge in [-0.3, -0.25) is 0 Å². The largest absolute Gasteiger partial charge is 0.497 e. The molecule has 0 bridgehead atoms. The Bertz CT molecular complexity index is 974. The predicted molar refractivity (Wildman–Crippen MR) is 118 cm³/mol. The molecule has 0 radical (unpaired) electrons. The first-order valence-electron chi connectivity index (χ1n) is 10.4. The van der Waals surface area contributed by atoms with Crippen molar-refractivity contribution in [2.24, 2.45) is 0 Å². The van der Waals surface area contributed by atoms with Gasteiger partial charge in [0, 0.05) is 6.07 Å². The van der Waals surface area contributed by atoms with Crippen LogP contribution in [0.1, 0.15) is 22.3 Å². The van der Waals surface area contributed by atoms with Crippen molar-refractivity contribution in [1.29, 1.82) is 0 Å². The van der Waals surface area contributed by atoms with Gasteiger partial charge in [0.25, 0.3) is 0 Å². The minimum absolute atomic E-state index is 0.623. The molecule has 1 heterocycles. The summed E-state index contributed by atoms with van der Waals surface area (Å²) in [5, 5.41) is 0. The molecule has 4 heteroatoms. The van der Waals surface area contributed by atoms with E-state index in [1.165, 1.54) is 22.3 Å². The molecule has 0 atom stereocenters. The van der Waals surface area contributed by atoms with E-state index >= 15 is 0 Å². The van der Waals surface area contributed by atoms with Crippen molar-refractivity contribution < 1.29 is 18.9 Å². The zero-order valence-corrected chi connectivity index (χ0v) is 17.6. The quantitative estimate of drug-likeness (QED) is 0.527.